The lowest BCUT2D eigenvalue weighted by atomic mass is 10.1. The van der Waals surface area contributed by atoms with Crippen LogP contribution in [0, 0.1) is 0 Å². The summed E-state index contributed by atoms with van der Waals surface area (Å²) >= 11 is 3.26. The number of rotatable bonds is 3. The van der Waals surface area contributed by atoms with Gasteiger partial charge in [0.2, 0.25) is 10.0 Å². The lowest BCUT2D eigenvalue weighted by Gasteiger charge is -2.20. The van der Waals surface area contributed by atoms with E-state index in [4.69, 9.17) is 4.74 Å². The van der Waals surface area contributed by atoms with Crippen LogP contribution in [0.2, 0.25) is 0 Å². The normalized spacial score (nSPS) is 24.6. The highest BCUT2D eigenvalue weighted by Crippen LogP contribution is 2.33. The summed E-state index contributed by atoms with van der Waals surface area (Å²) in [5.74, 6) is 0.301. The molecule has 2 rings (SSSR count). The summed E-state index contributed by atoms with van der Waals surface area (Å²) < 4.78 is 32.2. The van der Waals surface area contributed by atoms with Crippen LogP contribution in [0.1, 0.15) is 13.3 Å². The zero-order chi connectivity index (χ0) is 14.3. The van der Waals surface area contributed by atoms with Crippen molar-refractivity contribution in [2.75, 3.05) is 20.2 Å². The van der Waals surface area contributed by atoms with Crippen molar-refractivity contribution < 1.29 is 18.3 Å². The van der Waals surface area contributed by atoms with Crippen LogP contribution in [-0.4, -0.2) is 43.6 Å². The van der Waals surface area contributed by atoms with E-state index in [9.17, 15) is 13.5 Å². The molecule has 5 nitrogen and oxygen atoms in total. The minimum Gasteiger partial charge on any atom is -0.495 e. The highest BCUT2D eigenvalue weighted by atomic mass is 79.9. The second-order valence-electron chi connectivity index (χ2n) is 4.88. The Bertz CT molecular complexity index is 585. The Morgan fingerprint density at radius 2 is 2.16 bits per heavy atom. The number of benzene rings is 1. The Hall–Kier alpha value is -0.630. The van der Waals surface area contributed by atoms with Gasteiger partial charge in [-0.3, -0.25) is 0 Å². The van der Waals surface area contributed by atoms with E-state index in [1.165, 1.54) is 17.5 Å². The summed E-state index contributed by atoms with van der Waals surface area (Å²) in [6.07, 6.45) is 0.433. The van der Waals surface area contributed by atoms with Crippen molar-refractivity contribution in [3.05, 3.63) is 22.7 Å². The number of nitrogens with zero attached hydrogens (tertiary/aromatic N) is 1. The first-order valence-corrected chi connectivity index (χ1v) is 8.06. The maximum Gasteiger partial charge on any atom is 0.246 e. The molecule has 19 heavy (non-hydrogen) atoms. The van der Waals surface area contributed by atoms with Gasteiger partial charge >= 0.3 is 0 Å². The Labute approximate surface area is 121 Å². The third-order valence-corrected chi connectivity index (χ3v) is 5.52. The molecule has 1 fully saturated rings. The number of ether oxygens (including phenoxy) is 1. The molecule has 0 amide bonds. The van der Waals surface area contributed by atoms with Gasteiger partial charge in [0.15, 0.2) is 0 Å². The number of halogens is 1. The highest BCUT2D eigenvalue weighted by Gasteiger charge is 2.39. The molecule has 1 aromatic rings. The Morgan fingerprint density at radius 3 is 2.68 bits per heavy atom. The van der Waals surface area contributed by atoms with Crippen molar-refractivity contribution in [1.29, 1.82) is 0 Å². The summed E-state index contributed by atoms with van der Waals surface area (Å²) in [6, 6.07) is 4.84. The number of sulfonamides is 1. The molecule has 1 aliphatic heterocycles. The van der Waals surface area contributed by atoms with Crippen molar-refractivity contribution in [1.82, 2.24) is 4.31 Å². The molecular formula is C12H16BrNO4S. The van der Waals surface area contributed by atoms with Gasteiger partial charge in [0.05, 0.1) is 12.7 Å². The van der Waals surface area contributed by atoms with Crippen molar-refractivity contribution in [2.24, 2.45) is 0 Å². The van der Waals surface area contributed by atoms with Gasteiger partial charge in [0.1, 0.15) is 10.6 Å². The molecule has 1 aliphatic rings. The Balaban J connectivity index is 2.43. The van der Waals surface area contributed by atoms with Gasteiger partial charge < -0.3 is 9.84 Å². The van der Waals surface area contributed by atoms with Crippen molar-refractivity contribution >= 4 is 26.0 Å². The van der Waals surface area contributed by atoms with Gasteiger partial charge in [0.25, 0.3) is 0 Å². The Morgan fingerprint density at radius 1 is 1.47 bits per heavy atom. The zero-order valence-corrected chi connectivity index (χ0v) is 13.2. The van der Waals surface area contributed by atoms with Crippen molar-refractivity contribution in [2.45, 2.75) is 23.8 Å². The molecule has 1 unspecified atom stereocenters. The maximum atomic E-state index is 12.6. The molecule has 1 N–H and O–H groups in total. The van der Waals surface area contributed by atoms with Crippen LogP contribution in [0.15, 0.2) is 27.6 Å². The van der Waals surface area contributed by atoms with E-state index in [1.807, 2.05) is 0 Å². The first kappa shape index (κ1) is 14.8. The van der Waals surface area contributed by atoms with Gasteiger partial charge in [-0.05, 0) is 31.5 Å². The SMILES string of the molecule is COc1ccc(Br)cc1S(=O)(=O)N1CCC(C)(O)C1. The van der Waals surface area contributed by atoms with Crippen LogP contribution < -0.4 is 4.74 Å². The average molecular weight is 350 g/mol. The molecule has 0 bridgehead atoms. The summed E-state index contributed by atoms with van der Waals surface area (Å²) in [5, 5.41) is 9.91. The molecule has 1 heterocycles. The van der Waals surface area contributed by atoms with E-state index >= 15 is 0 Å². The predicted molar refractivity (Wildman–Crippen MR) is 74.7 cm³/mol. The highest BCUT2D eigenvalue weighted by molar-refractivity contribution is 9.10. The molecule has 1 saturated heterocycles. The summed E-state index contributed by atoms with van der Waals surface area (Å²) in [7, 11) is -2.22. The van der Waals surface area contributed by atoms with Crippen LogP contribution in [0.4, 0.5) is 0 Å². The Kier molecular flexibility index (Phi) is 3.92. The minimum atomic E-state index is -3.66. The van der Waals surface area contributed by atoms with E-state index in [0.717, 1.165) is 0 Å². The fourth-order valence-electron chi connectivity index (χ4n) is 2.10. The van der Waals surface area contributed by atoms with E-state index in [-0.39, 0.29) is 11.4 Å². The van der Waals surface area contributed by atoms with E-state index in [2.05, 4.69) is 15.9 Å². The average Bonchev–Trinajstić information content (AvgIpc) is 2.70. The van der Waals surface area contributed by atoms with E-state index < -0.39 is 15.6 Å². The topological polar surface area (TPSA) is 66.8 Å². The van der Waals surface area contributed by atoms with Crippen LogP contribution in [0.25, 0.3) is 0 Å². The predicted octanol–water partition coefficient (Wildman–Crippen LogP) is 1.60. The van der Waals surface area contributed by atoms with Crippen LogP contribution in [0.3, 0.4) is 0 Å². The first-order chi connectivity index (χ1) is 8.76. The summed E-state index contributed by atoms with van der Waals surface area (Å²) in [4.78, 5) is 0.113. The van der Waals surface area contributed by atoms with E-state index in [0.29, 0.717) is 23.2 Å². The fraction of sp³-hybridized carbons (Fsp3) is 0.500. The largest absolute Gasteiger partial charge is 0.495 e. The van der Waals surface area contributed by atoms with Gasteiger partial charge in [-0.2, -0.15) is 4.31 Å². The number of β-amino-alcohol motifs (C(OH)–C–C–N with tert-alkyl or cyclic N) is 1. The number of hydrogen-bond donors (Lipinski definition) is 1. The monoisotopic (exact) mass is 349 g/mol. The van der Waals surface area contributed by atoms with Gasteiger partial charge in [-0.15, -0.1) is 0 Å². The molecular weight excluding hydrogens is 334 g/mol. The van der Waals surface area contributed by atoms with Crippen molar-refractivity contribution in [3.8, 4) is 5.75 Å². The summed E-state index contributed by atoms with van der Waals surface area (Å²) in [6.45, 7) is 2.05. The second-order valence-corrected chi connectivity index (χ2v) is 7.70. The van der Waals surface area contributed by atoms with Gasteiger partial charge in [-0.1, -0.05) is 15.9 Å². The number of aliphatic hydroxyl groups is 1. The van der Waals surface area contributed by atoms with Crippen LogP contribution in [-0.2, 0) is 10.0 Å². The van der Waals surface area contributed by atoms with E-state index in [1.54, 1.807) is 19.1 Å². The molecule has 0 saturated carbocycles. The molecule has 1 atom stereocenters. The molecule has 0 radical (unpaired) electrons. The van der Waals surface area contributed by atoms with Gasteiger partial charge in [-0.25, -0.2) is 8.42 Å². The lowest BCUT2D eigenvalue weighted by molar-refractivity contribution is 0.0762. The molecule has 1 aromatic carbocycles. The third kappa shape index (κ3) is 2.94. The molecule has 0 spiro atoms. The first-order valence-electron chi connectivity index (χ1n) is 5.82. The number of hydrogen-bond acceptors (Lipinski definition) is 4. The van der Waals surface area contributed by atoms with Crippen LogP contribution in [0.5, 0.6) is 5.75 Å². The summed E-state index contributed by atoms with van der Waals surface area (Å²) in [5.41, 5.74) is -0.966. The molecule has 7 heteroatoms. The third-order valence-electron chi connectivity index (χ3n) is 3.16. The van der Waals surface area contributed by atoms with Gasteiger partial charge in [0, 0.05) is 17.6 Å². The molecule has 0 aliphatic carbocycles. The van der Waals surface area contributed by atoms with Crippen molar-refractivity contribution in [3.63, 3.8) is 0 Å². The van der Waals surface area contributed by atoms with Crippen LogP contribution >= 0.6 is 15.9 Å². The molecule has 106 valence electrons. The fourth-order valence-corrected chi connectivity index (χ4v) is 4.35. The zero-order valence-electron chi connectivity index (χ0n) is 10.8. The lowest BCUT2D eigenvalue weighted by Crippen LogP contribution is -2.34. The standard InChI is InChI=1S/C12H16BrNO4S/c1-12(15)5-6-14(8-12)19(16,17)11-7-9(13)3-4-10(11)18-2/h3-4,7,15H,5-6,8H2,1-2H3. The quantitative estimate of drug-likeness (QED) is 0.899. The second kappa shape index (κ2) is 5.05. The maximum absolute atomic E-state index is 12.6. The minimum absolute atomic E-state index is 0.102. The smallest absolute Gasteiger partial charge is 0.246 e. The molecule has 0 aromatic heterocycles. The number of methoxy groups -OCH3 is 1.